The number of rotatable bonds is 11. The molecule has 37 heavy (non-hydrogen) atoms. The monoisotopic (exact) mass is 527 g/mol. The van der Waals surface area contributed by atoms with Crippen molar-refractivity contribution in [2.75, 3.05) is 17.1 Å². The molecule has 1 N–H and O–H groups in total. The molecule has 202 valence electrons. The Morgan fingerprint density at radius 3 is 2.24 bits per heavy atom. The van der Waals surface area contributed by atoms with Gasteiger partial charge in [0.15, 0.2) is 0 Å². The van der Waals surface area contributed by atoms with E-state index in [2.05, 4.69) is 5.32 Å². The van der Waals surface area contributed by atoms with Gasteiger partial charge in [0.05, 0.1) is 11.9 Å². The average molecular weight is 528 g/mol. The highest BCUT2D eigenvalue weighted by Crippen LogP contribution is 2.29. The molecule has 0 bridgehead atoms. The van der Waals surface area contributed by atoms with Gasteiger partial charge in [-0.05, 0) is 54.9 Å². The van der Waals surface area contributed by atoms with Gasteiger partial charge in [-0.1, -0.05) is 76.1 Å². The van der Waals surface area contributed by atoms with Crippen LogP contribution in [0.15, 0.2) is 48.5 Å². The summed E-state index contributed by atoms with van der Waals surface area (Å²) >= 11 is 0. The third-order valence-corrected chi connectivity index (χ3v) is 8.32. The summed E-state index contributed by atoms with van der Waals surface area (Å²) in [7, 11) is -3.77. The van der Waals surface area contributed by atoms with E-state index in [0.29, 0.717) is 12.1 Å². The van der Waals surface area contributed by atoms with Crippen LogP contribution < -0.4 is 9.62 Å². The minimum absolute atomic E-state index is 0.0687. The van der Waals surface area contributed by atoms with Crippen molar-refractivity contribution in [3.8, 4) is 0 Å². The number of anilines is 1. The Kier molecular flexibility index (Phi) is 9.76. The quantitative estimate of drug-likeness (QED) is 0.457. The van der Waals surface area contributed by atoms with Crippen LogP contribution in [-0.4, -0.2) is 50.0 Å². The molecular formula is C29H41N3O4S. The first-order valence-corrected chi connectivity index (χ1v) is 15.1. The van der Waals surface area contributed by atoms with Crippen LogP contribution in [0, 0.1) is 6.92 Å². The van der Waals surface area contributed by atoms with Crippen LogP contribution in [0.4, 0.5) is 5.69 Å². The second-order valence-corrected chi connectivity index (χ2v) is 12.3. The molecule has 1 atom stereocenters. The van der Waals surface area contributed by atoms with Crippen LogP contribution in [-0.2, 0) is 26.2 Å². The second kappa shape index (κ2) is 12.6. The maximum atomic E-state index is 14.0. The third-order valence-electron chi connectivity index (χ3n) is 7.20. The summed E-state index contributed by atoms with van der Waals surface area (Å²) in [5.41, 5.74) is 3.28. The van der Waals surface area contributed by atoms with E-state index in [0.717, 1.165) is 48.6 Å². The van der Waals surface area contributed by atoms with E-state index < -0.39 is 22.0 Å². The Hall–Kier alpha value is -2.87. The summed E-state index contributed by atoms with van der Waals surface area (Å²) in [5, 5.41) is 3.14. The minimum atomic E-state index is -3.77. The molecule has 3 rings (SSSR count). The standard InChI is InChI=1S/C29H41N3O4S/c1-6-26(29(34)30-24-15-9-10-16-24)31(19-23-14-8-7-13-22(23)4)28(33)20-32(37(5,35)36)27-18-12-11-17-25(27)21(2)3/h7-8,11-14,17-18,21,24,26H,6,9-10,15-16,19-20H2,1-5H3,(H,30,34)/t26-/m0/s1. The molecule has 0 aliphatic heterocycles. The van der Waals surface area contributed by atoms with Gasteiger partial charge in [-0.3, -0.25) is 13.9 Å². The Bertz CT molecular complexity index is 1190. The summed E-state index contributed by atoms with van der Waals surface area (Å²) in [6, 6.07) is 14.5. The highest BCUT2D eigenvalue weighted by atomic mass is 32.2. The lowest BCUT2D eigenvalue weighted by molar-refractivity contribution is -0.140. The highest BCUT2D eigenvalue weighted by Gasteiger charge is 2.33. The van der Waals surface area contributed by atoms with Crippen molar-refractivity contribution in [3.05, 3.63) is 65.2 Å². The van der Waals surface area contributed by atoms with Crippen molar-refractivity contribution in [1.29, 1.82) is 0 Å². The molecule has 0 aromatic heterocycles. The lowest BCUT2D eigenvalue weighted by Gasteiger charge is -2.34. The molecule has 2 amide bonds. The highest BCUT2D eigenvalue weighted by molar-refractivity contribution is 7.92. The Morgan fingerprint density at radius 1 is 1.03 bits per heavy atom. The molecule has 1 aliphatic carbocycles. The Balaban J connectivity index is 1.98. The molecule has 2 aromatic rings. The number of nitrogens with zero attached hydrogens (tertiary/aromatic N) is 2. The van der Waals surface area contributed by atoms with E-state index in [9.17, 15) is 18.0 Å². The number of nitrogens with one attached hydrogen (secondary N) is 1. The first-order chi connectivity index (χ1) is 17.5. The van der Waals surface area contributed by atoms with E-state index >= 15 is 0 Å². The van der Waals surface area contributed by atoms with Gasteiger partial charge in [0.2, 0.25) is 21.8 Å². The molecule has 7 nitrogen and oxygen atoms in total. The molecule has 0 radical (unpaired) electrons. The predicted octanol–water partition coefficient (Wildman–Crippen LogP) is 4.75. The first-order valence-electron chi connectivity index (χ1n) is 13.2. The van der Waals surface area contributed by atoms with Gasteiger partial charge >= 0.3 is 0 Å². The molecule has 0 unspecified atom stereocenters. The number of para-hydroxylation sites is 1. The zero-order valence-corrected chi connectivity index (χ0v) is 23.6. The number of hydrogen-bond acceptors (Lipinski definition) is 4. The van der Waals surface area contributed by atoms with Crippen molar-refractivity contribution < 1.29 is 18.0 Å². The summed E-state index contributed by atoms with van der Waals surface area (Å²) < 4.78 is 27.1. The summed E-state index contributed by atoms with van der Waals surface area (Å²) in [4.78, 5) is 28.9. The van der Waals surface area contributed by atoms with Crippen molar-refractivity contribution in [1.82, 2.24) is 10.2 Å². The summed E-state index contributed by atoms with van der Waals surface area (Å²) in [6.45, 7) is 7.70. The van der Waals surface area contributed by atoms with Crippen LogP contribution >= 0.6 is 0 Å². The summed E-state index contributed by atoms with van der Waals surface area (Å²) in [5.74, 6) is -0.510. The number of amides is 2. The van der Waals surface area contributed by atoms with Gasteiger partial charge in [-0.25, -0.2) is 8.42 Å². The average Bonchev–Trinajstić information content (AvgIpc) is 3.35. The van der Waals surface area contributed by atoms with Gasteiger partial charge < -0.3 is 10.2 Å². The molecule has 1 fully saturated rings. The molecule has 8 heteroatoms. The van der Waals surface area contributed by atoms with Crippen LogP contribution in [0.5, 0.6) is 0 Å². The van der Waals surface area contributed by atoms with Gasteiger partial charge in [-0.2, -0.15) is 0 Å². The van der Waals surface area contributed by atoms with Gasteiger partial charge in [0.25, 0.3) is 0 Å². The molecule has 0 saturated heterocycles. The van der Waals surface area contributed by atoms with Crippen molar-refractivity contribution in [2.24, 2.45) is 0 Å². The SMILES string of the molecule is CC[C@@H](C(=O)NC1CCCC1)N(Cc1ccccc1C)C(=O)CN(c1ccccc1C(C)C)S(C)(=O)=O. The fourth-order valence-corrected chi connectivity index (χ4v) is 5.92. The van der Waals surface area contributed by atoms with Crippen LogP contribution in [0.3, 0.4) is 0 Å². The fourth-order valence-electron chi connectivity index (χ4n) is 5.06. The largest absolute Gasteiger partial charge is 0.352 e. The third kappa shape index (κ3) is 7.34. The van der Waals surface area contributed by atoms with E-state index in [1.54, 1.807) is 17.0 Å². The van der Waals surface area contributed by atoms with E-state index in [1.165, 1.54) is 4.31 Å². The van der Waals surface area contributed by atoms with Crippen molar-refractivity contribution in [3.63, 3.8) is 0 Å². The number of carbonyl (C=O) groups is 2. The lowest BCUT2D eigenvalue weighted by atomic mass is 10.0. The predicted molar refractivity (Wildman–Crippen MR) is 149 cm³/mol. The zero-order valence-electron chi connectivity index (χ0n) is 22.7. The second-order valence-electron chi connectivity index (χ2n) is 10.3. The minimum Gasteiger partial charge on any atom is -0.352 e. The number of aryl methyl sites for hydroxylation is 1. The number of hydrogen-bond donors (Lipinski definition) is 1. The molecule has 1 aliphatic rings. The number of sulfonamides is 1. The molecule has 0 spiro atoms. The maximum absolute atomic E-state index is 14.0. The Morgan fingerprint density at radius 2 is 1.65 bits per heavy atom. The maximum Gasteiger partial charge on any atom is 0.244 e. The van der Waals surface area contributed by atoms with Crippen molar-refractivity contribution in [2.45, 2.75) is 84.3 Å². The zero-order chi connectivity index (χ0) is 27.2. The molecular weight excluding hydrogens is 486 g/mol. The molecule has 2 aromatic carbocycles. The number of benzene rings is 2. The summed E-state index contributed by atoms with van der Waals surface area (Å²) in [6.07, 6.45) is 5.62. The van der Waals surface area contributed by atoms with E-state index in [4.69, 9.17) is 0 Å². The van der Waals surface area contributed by atoms with Crippen molar-refractivity contribution >= 4 is 27.5 Å². The normalized spacial score (nSPS) is 15.0. The van der Waals surface area contributed by atoms with Gasteiger partial charge in [0.1, 0.15) is 12.6 Å². The van der Waals surface area contributed by atoms with Crippen LogP contribution in [0.1, 0.15) is 75.5 Å². The Labute approximate surface area is 222 Å². The van der Waals surface area contributed by atoms with Gasteiger partial charge in [-0.15, -0.1) is 0 Å². The fraction of sp³-hybridized carbons (Fsp3) is 0.517. The van der Waals surface area contributed by atoms with Crippen LogP contribution in [0.2, 0.25) is 0 Å². The van der Waals surface area contributed by atoms with Gasteiger partial charge in [0, 0.05) is 12.6 Å². The topological polar surface area (TPSA) is 86.8 Å². The van der Waals surface area contributed by atoms with Crippen LogP contribution in [0.25, 0.3) is 0 Å². The first kappa shape index (κ1) is 28.7. The molecule has 0 heterocycles. The molecule has 1 saturated carbocycles. The van der Waals surface area contributed by atoms with E-state index in [-0.39, 0.29) is 31.0 Å². The van der Waals surface area contributed by atoms with E-state index in [1.807, 2.05) is 64.1 Å². The lowest BCUT2D eigenvalue weighted by Crippen LogP contribution is -2.53. The number of carbonyl (C=O) groups excluding carboxylic acids is 2. The smallest absolute Gasteiger partial charge is 0.244 e.